The van der Waals surface area contributed by atoms with Gasteiger partial charge >= 0.3 is 0 Å². The van der Waals surface area contributed by atoms with Crippen molar-refractivity contribution in [2.75, 3.05) is 18.9 Å². The van der Waals surface area contributed by atoms with E-state index in [0.717, 1.165) is 5.56 Å². The molecule has 3 aromatic rings. The molecule has 2 N–H and O–H groups in total. The van der Waals surface area contributed by atoms with Gasteiger partial charge in [0.1, 0.15) is 12.4 Å². The molecule has 26 heavy (non-hydrogen) atoms. The lowest BCUT2D eigenvalue weighted by Gasteiger charge is -2.07. The minimum Gasteiger partial charge on any atom is -0.492 e. The summed E-state index contributed by atoms with van der Waals surface area (Å²) in [5.41, 5.74) is 0.892. The summed E-state index contributed by atoms with van der Waals surface area (Å²) in [5.74, 6) is 1.48. The van der Waals surface area contributed by atoms with Gasteiger partial charge in [-0.15, -0.1) is 5.10 Å². The lowest BCUT2D eigenvalue weighted by molar-refractivity contribution is -0.118. The van der Waals surface area contributed by atoms with Crippen LogP contribution in [0.25, 0.3) is 11.4 Å². The molecule has 0 saturated heterocycles. The molecule has 134 valence electrons. The summed E-state index contributed by atoms with van der Waals surface area (Å²) in [6, 6.07) is 10.7. The molecule has 0 bridgehead atoms. The van der Waals surface area contributed by atoms with Gasteiger partial charge in [-0.3, -0.25) is 14.9 Å². The van der Waals surface area contributed by atoms with Crippen LogP contribution in [0.4, 0.5) is 0 Å². The first-order valence-corrected chi connectivity index (χ1v) is 9.18. The molecule has 7 nitrogen and oxygen atoms in total. The third-order valence-electron chi connectivity index (χ3n) is 3.26. The van der Waals surface area contributed by atoms with Crippen LogP contribution in [0.5, 0.6) is 5.75 Å². The molecular weight excluding hydrogens is 374 g/mol. The normalized spacial score (nSPS) is 10.5. The molecule has 0 spiro atoms. The number of benzene rings is 1. The van der Waals surface area contributed by atoms with Crippen LogP contribution in [0, 0.1) is 0 Å². The maximum absolute atomic E-state index is 11.9. The molecule has 0 atom stereocenters. The van der Waals surface area contributed by atoms with E-state index in [9.17, 15) is 4.79 Å². The average molecular weight is 390 g/mol. The molecule has 0 fully saturated rings. The molecule has 0 aliphatic rings. The number of rotatable bonds is 8. The van der Waals surface area contributed by atoms with Crippen molar-refractivity contribution in [3.05, 3.63) is 53.8 Å². The number of hydrogen-bond donors (Lipinski definition) is 2. The first kappa shape index (κ1) is 18.2. The Balaban J connectivity index is 1.36. The fourth-order valence-electron chi connectivity index (χ4n) is 2.02. The second kappa shape index (κ2) is 9.21. The van der Waals surface area contributed by atoms with Gasteiger partial charge in [-0.1, -0.05) is 23.4 Å². The second-order valence-corrected chi connectivity index (χ2v) is 6.52. The molecule has 2 aromatic heterocycles. The smallest absolute Gasteiger partial charge is 0.230 e. The number of ether oxygens (including phenoxy) is 1. The van der Waals surface area contributed by atoms with Gasteiger partial charge in [0.25, 0.3) is 0 Å². The summed E-state index contributed by atoms with van der Waals surface area (Å²) >= 11 is 7.07. The van der Waals surface area contributed by atoms with Crippen LogP contribution in [-0.4, -0.2) is 45.0 Å². The molecule has 0 aliphatic carbocycles. The van der Waals surface area contributed by atoms with E-state index in [-0.39, 0.29) is 11.7 Å². The number of halogens is 1. The van der Waals surface area contributed by atoms with E-state index in [1.54, 1.807) is 36.7 Å². The Morgan fingerprint density at radius 3 is 2.73 bits per heavy atom. The summed E-state index contributed by atoms with van der Waals surface area (Å²) in [6.07, 6.45) is 3.37. The fraction of sp³-hybridized carbons (Fsp3) is 0.176. The molecule has 1 aromatic carbocycles. The highest BCUT2D eigenvalue weighted by Crippen LogP contribution is 2.18. The monoisotopic (exact) mass is 389 g/mol. The van der Waals surface area contributed by atoms with Crippen molar-refractivity contribution >= 4 is 29.3 Å². The molecule has 3 rings (SSSR count). The molecule has 1 amide bonds. The number of carbonyl (C=O) groups excluding carboxylic acids is 1. The molecule has 0 aliphatic heterocycles. The van der Waals surface area contributed by atoms with Gasteiger partial charge in [0.15, 0.2) is 5.82 Å². The van der Waals surface area contributed by atoms with Crippen LogP contribution < -0.4 is 10.1 Å². The summed E-state index contributed by atoms with van der Waals surface area (Å²) < 4.78 is 5.51. The number of hydrogen-bond acceptors (Lipinski definition) is 6. The number of nitrogens with one attached hydrogen (secondary N) is 2. The van der Waals surface area contributed by atoms with Gasteiger partial charge in [-0.05, 0) is 36.4 Å². The molecule has 0 unspecified atom stereocenters. The van der Waals surface area contributed by atoms with Crippen LogP contribution in [0.1, 0.15) is 0 Å². The van der Waals surface area contributed by atoms with Gasteiger partial charge in [0.2, 0.25) is 11.1 Å². The van der Waals surface area contributed by atoms with E-state index >= 15 is 0 Å². The number of H-pyrrole nitrogens is 1. The number of carbonyl (C=O) groups is 1. The highest BCUT2D eigenvalue weighted by Gasteiger charge is 2.08. The van der Waals surface area contributed by atoms with Crippen molar-refractivity contribution < 1.29 is 9.53 Å². The van der Waals surface area contributed by atoms with Gasteiger partial charge in [-0.2, -0.15) is 0 Å². The third-order valence-corrected chi connectivity index (χ3v) is 4.36. The van der Waals surface area contributed by atoms with E-state index in [4.69, 9.17) is 16.3 Å². The van der Waals surface area contributed by atoms with Crippen LogP contribution in [-0.2, 0) is 4.79 Å². The first-order valence-electron chi connectivity index (χ1n) is 7.81. The Morgan fingerprint density at radius 1 is 1.19 bits per heavy atom. The Morgan fingerprint density at radius 2 is 1.96 bits per heavy atom. The highest BCUT2D eigenvalue weighted by molar-refractivity contribution is 7.99. The van der Waals surface area contributed by atoms with Crippen molar-refractivity contribution in [3.8, 4) is 17.1 Å². The van der Waals surface area contributed by atoms with Gasteiger partial charge < -0.3 is 10.1 Å². The van der Waals surface area contributed by atoms with E-state index in [2.05, 4.69) is 25.5 Å². The third kappa shape index (κ3) is 5.47. The summed E-state index contributed by atoms with van der Waals surface area (Å²) in [6.45, 7) is 0.795. The van der Waals surface area contributed by atoms with Gasteiger partial charge in [0.05, 0.1) is 12.3 Å². The van der Waals surface area contributed by atoms with Crippen molar-refractivity contribution in [1.29, 1.82) is 0 Å². The Labute approximate surface area is 159 Å². The Kier molecular flexibility index (Phi) is 6.45. The summed E-state index contributed by atoms with van der Waals surface area (Å²) in [7, 11) is 0. The van der Waals surface area contributed by atoms with Gasteiger partial charge in [0, 0.05) is 23.0 Å². The predicted molar refractivity (Wildman–Crippen MR) is 100 cm³/mol. The molecule has 2 heterocycles. The van der Waals surface area contributed by atoms with E-state index in [1.165, 1.54) is 11.8 Å². The zero-order valence-corrected chi connectivity index (χ0v) is 15.3. The first-order chi connectivity index (χ1) is 12.7. The number of aromatic nitrogens is 4. The van der Waals surface area contributed by atoms with Crippen LogP contribution >= 0.6 is 23.4 Å². The lowest BCUT2D eigenvalue weighted by atomic mass is 10.3. The number of nitrogens with zero attached hydrogens (tertiary/aromatic N) is 3. The van der Waals surface area contributed by atoms with Crippen molar-refractivity contribution in [2.24, 2.45) is 0 Å². The summed E-state index contributed by atoms with van der Waals surface area (Å²) in [4.78, 5) is 20.2. The lowest BCUT2D eigenvalue weighted by Crippen LogP contribution is -2.29. The number of pyridine rings is 1. The van der Waals surface area contributed by atoms with E-state index in [1.807, 2.05) is 12.1 Å². The zero-order chi connectivity index (χ0) is 18.2. The molecule has 0 radical (unpaired) electrons. The van der Waals surface area contributed by atoms with Crippen molar-refractivity contribution in [2.45, 2.75) is 5.16 Å². The molecule has 0 saturated carbocycles. The SMILES string of the molecule is O=C(CSc1n[nH]c(-c2ccncc2)n1)NCCOc1ccc(Cl)cc1. The number of aromatic amines is 1. The maximum Gasteiger partial charge on any atom is 0.230 e. The van der Waals surface area contributed by atoms with Crippen LogP contribution in [0.2, 0.25) is 5.02 Å². The molecular formula is C17H16ClN5O2S. The van der Waals surface area contributed by atoms with Crippen LogP contribution in [0.15, 0.2) is 53.9 Å². The minimum atomic E-state index is -0.107. The highest BCUT2D eigenvalue weighted by atomic mass is 35.5. The zero-order valence-electron chi connectivity index (χ0n) is 13.7. The quantitative estimate of drug-likeness (QED) is 0.454. The number of amides is 1. The van der Waals surface area contributed by atoms with Gasteiger partial charge in [-0.25, -0.2) is 4.98 Å². The Hall–Kier alpha value is -2.58. The van der Waals surface area contributed by atoms with E-state index < -0.39 is 0 Å². The topological polar surface area (TPSA) is 92.8 Å². The van der Waals surface area contributed by atoms with E-state index in [0.29, 0.717) is 34.9 Å². The second-order valence-electron chi connectivity index (χ2n) is 5.14. The van der Waals surface area contributed by atoms with Crippen molar-refractivity contribution in [1.82, 2.24) is 25.5 Å². The minimum absolute atomic E-state index is 0.107. The molecule has 9 heteroatoms. The van der Waals surface area contributed by atoms with Crippen molar-refractivity contribution in [3.63, 3.8) is 0 Å². The largest absolute Gasteiger partial charge is 0.492 e. The standard InChI is InChI=1S/C17H16ClN5O2S/c18-13-1-3-14(4-2-13)25-10-9-20-15(24)11-26-17-21-16(22-23-17)12-5-7-19-8-6-12/h1-8H,9-11H2,(H,20,24)(H,21,22,23). The maximum atomic E-state index is 11.9. The Bertz CT molecular complexity index is 842. The van der Waals surface area contributed by atoms with Crippen LogP contribution in [0.3, 0.4) is 0 Å². The predicted octanol–water partition coefficient (Wildman–Crippen LogP) is 2.81. The fourth-order valence-corrected chi connectivity index (χ4v) is 2.78. The number of thioether (sulfide) groups is 1. The summed E-state index contributed by atoms with van der Waals surface area (Å²) in [5, 5.41) is 10.9. The average Bonchev–Trinajstić information content (AvgIpc) is 3.15.